The van der Waals surface area contributed by atoms with Crippen molar-refractivity contribution in [3.8, 4) is 0 Å². The Bertz CT molecular complexity index is 1720. The van der Waals surface area contributed by atoms with Crippen LogP contribution in [0.4, 0.5) is 11.6 Å². The van der Waals surface area contributed by atoms with Crippen LogP contribution in [0.5, 0.6) is 0 Å². The van der Waals surface area contributed by atoms with Crippen molar-refractivity contribution >= 4 is 34.1 Å². The van der Waals surface area contributed by atoms with Crippen molar-refractivity contribution in [2.24, 2.45) is 0 Å². The van der Waals surface area contributed by atoms with Crippen LogP contribution in [0.25, 0.3) is 16.6 Å². The van der Waals surface area contributed by atoms with E-state index in [4.69, 9.17) is 4.98 Å². The summed E-state index contributed by atoms with van der Waals surface area (Å²) in [6.45, 7) is 5.20. The van der Waals surface area contributed by atoms with Gasteiger partial charge in [0.15, 0.2) is 5.65 Å². The zero-order chi connectivity index (χ0) is 27.1. The molecule has 1 aliphatic heterocycles. The predicted molar refractivity (Wildman–Crippen MR) is 148 cm³/mol. The van der Waals surface area contributed by atoms with Crippen molar-refractivity contribution in [2.45, 2.75) is 26.3 Å². The van der Waals surface area contributed by atoms with Gasteiger partial charge in [0.2, 0.25) is 5.95 Å². The zero-order valence-corrected chi connectivity index (χ0v) is 21.7. The average Bonchev–Trinajstić information content (AvgIpc) is 3.36. The number of amides is 1. The van der Waals surface area contributed by atoms with Crippen molar-refractivity contribution in [1.82, 2.24) is 24.5 Å². The molecule has 1 atom stereocenters. The van der Waals surface area contributed by atoms with Crippen molar-refractivity contribution in [2.75, 3.05) is 24.5 Å². The fourth-order valence-electron chi connectivity index (χ4n) is 5.27. The van der Waals surface area contributed by atoms with E-state index in [-0.39, 0.29) is 17.6 Å². The number of aromatic nitrogens is 4. The van der Waals surface area contributed by atoms with E-state index in [2.05, 4.69) is 27.2 Å². The molecule has 0 radical (unpaired) electrons. The van der Waals surface area contributed by atoms with Gasteiger partial charge in [0.05, 0.1) is 10.4 Å². The summed E-state index contributed by atoms with van der Waals surface area (Å²) in [7, 11) is 0. The molecule has 6 rings (SSSR count). The summed E-state index contributed by atoms with van der Waals surface area (Å²) in [5.74, 6) is 1.32. The Hall–Kier alpha value is -4.86. The van der Waals surface area contributed by atoms with Crippen LogP contribution in [0, 0.1) is 17.0 Å². The van der Waals surface area contributed by atoms with Gasteiger partial charge >= 0.3 is 0 Å². The third-order valence-electron chi connectivity index (χ3n) is 7.32. The van der Waals surface area contributed by atoms with E-state index in [0.29, 0.717) is 37.2 Å². The molecule has 0 saturated carbocycles. The van der Waals surface area contributed by atoms with E-state index in [1.165, 1.54) is 6.07 Å². The van der Waals surface area contributed by atoms with E-state index in [1.807, 2.05) is 53.8 Å². The summed E-state index contributed by atoms with van der Waals surface area (Å²) in [5.41, 5.74) is 3.51. The summed E-state index contributed by atoms with van der Waals surface area (Å²) >= 11 is 0. The smallest absolute Gasteiger partial charge is 0.273 e. The first-order valence-electron chi connectivity index (χ1n) is 12.9. The Morgan fingerprint density at radius 3 is 2.56 bits per heavy atom. The highest BCUT2D eigenvalue weighted by Gasteiger charge is 2.31. The summed E-state index contributed by atoms with van der Waals surface area (Å²) in [4.78, 5) is 33.3. The number of para-hydroxylation sites is 1. The Balaban J connectivity index is 1.34. The van der Waals surface area contributed by atoms with Crippen LogP contribution in [0.2, 0.25) is 0 Å². The van der Waals surface area contributed by atoms with E-state index < -0.39 is 4.92 Å². The quantitative estimate of drug-likeness (QED) is 0.248. The van der Waals surface area contributed by atoms with Gasteiger partial charge in [-0.25, -0.2) is 9.38 Å². The second-order valence-corrected chi connectivity index (χ2v) is 9.92. The van der Waals surface area contributed by atoms with Crippen molar-refractivity contribution in [3.63, 3.8) is 0 Å². The molecule has 0 bridgehead atoms. The maximum Gasteiger partial charge on any atom is 0.273 e. The topological polar surface area (TPSA) is 110 Å². The van der Waals surface area contributed by atoms with Crippen molar-refractivity contribution in [1.29, 1.82) is 0 Å². The Kier molecular flexibility index (Phi) is 6.14. The highest BCUT2D eigenvalue weighted by molar-refractivity contribution is 5.95. The highest BCUT2D eigenvalue weighted by atomic mass is 16.6. The molecule has 39 heavy (non-hydrogen) atoms. The molecule has 0 unspecified atom stereocenters. The fraction of sp³-hybridized carbons (Fsp3) is 0.241. The van der Waals surface area contributed by atoms with E-state index in [1.54, 1.807) is 24.0 Å². The molecule has 196 valence electrons. The summed E-state index contributed by atoms with van der Waals surface area (Å²) in [6.07, 6.45) is 0.606. The van der Waals surface area contributed by atoms with Gasteiger partial charge in [-0.2, -0.15) is 0 Å². The Labute approximate surface area is 224 Å². The third-order valence-corrected chi connectivity index (χ3v) is 7.32. The standard InChI is InChI=1S/C29H27N7O3/c1-19-12-13-22(17-25(19)36(38)39)28(37)34-15-14-33(18-20(34)2)29-30-24-11-7-6-10-23(24)27-32-31-26(35(27)29)16-21-8-4-3-5-9-21/h3-13,17,20H,14-16,18H2,1-2H3/t20-/m1/s1. The molecule has 1 fully saturated rings. The van der Waals surface area contributed by atoms with Gasteiger partial charge in [-0.05, 0) is 37.6 Å². The minimum Gasteiger partial charge on any atom is -0.338 e. The van der Waals surface area contributed by atoms with Crippen LogP contribution in [0.1, 0.15) is 34.2 Å². The van der Waals surface area contributed by atoms with Crippen molar-refractivity contribution in [3.05, 3.63) is 105 Å². The third kappa shape index (κ3) is 4.43. The van der Waals surface area contributed by atoms with E-state index >= 15 is 0 Å². The average molecular weight is 522 g/mol. The number of anilines is 1. The minimum atomic E-state index is -0.448. The lowest BCUT2D eigenvalue weighted by atomic mass is 10.1. The zero-order valence-electron chi connectivity index (χ0n) is 21.7. The van der Waals surface area contributed by atoms with Crippen LogP contribution >= 0.6 is 0 Å². The molecule has 10 heteroatoms. The number of rotatable bonds is 5. The molecule has 1 amide bonds. The molecule has 2 aromatic heterocycles. The maximum atomic E-state index is 13.4. The number of nitro benzene ring substituents is 1. The molecular formula is C29H27N7O3. The normalized spacial score (nSPS) is 15.7. The number of piperazine rings is 1. The minimum absolute atomic E-state index is 0.0477. The molecule has 1 saturated heterocycles. The molecule has 0 N–H and O–H groups in total. The van der Waals surface area contributed by atoms with Gasteiger partial charge in [-0.1, -0.05) is 48.5 Å². The van der Waals surface area contributed by atoms with Crippen LogP contribution < -0.4 is 4.90 Å². The van der Waals surface area contributed by atoms with Gasteiger partial charge < -0.3 is 9.80 Å². The maximum absolute atomic E-state index is 13.4. The molecule has 1 aliphatic rings. The number of fused-ring (bicyclic) bond motifs is 3. The first kappa shape index (κ1) is 24.5. The first-order chi connectivity index (χ1) is 18.9. The molecule has 3 heterocycles. The Morgan fingerprint density at radius 1 is 1.03 bits per heavy atom. The van der Waals surface area contributed by atoms with Crippen LogP contribution in [0.3, 0.4) is 0 Å². The fourth-order valence-corrected chi connectivity index (χ4v) is 5.27. The number of carbonyl (C=O) groups is 1. The lowest BCUT2D eigenvalue weighted by Gasteiger charge is -2.40. The molecule has 3 aromatic carbocycles. The number of nitrogens with zero attached hydrogens (tertiary/aromatic N) is 7. The molecule has 0 spiro atoms. The number of benzene rings is 3. The second-order valence-electron chi connectivity index (χ2n) is 9.92. The van der Waals surface area contributed by atoms with E-state index in [0.717, 1.165) is 33.9 Å². The number of aryl methyl sites for hydroxylation is 1. The first-order valence-corrected chi connectivity index (χ1v) is 12.9. The number of nitro groups is 1. The molecule has 10 nitrogen and oxygen atoms in total. The van der Waals surface area contributed by atoms with Crippen molar-refractivity contribution < 1.29 is 9.72 Å². The van der Waals surface area contributed by atoms with E-state index in [9.17, 15) is 14.9 Å². The van der Waals surface area contributed by atoms with Crippen LogP contribution in [-0.4, -0.2) is 61.0 Å². The second kappa shape index (κ2) is 9.79. The lowest BCUT2D eigenvalue weighted by Crippen LogP contribution is -2.54. The summed E-state index contributed by atoms with van der Waals surface area (Å²) in [6, 6.07) is 22.5. The SMILES string of the molecule is Cc1ccc(C(=O)N2CCN(c3nc4ccccc4c4nnc(Cc5ccccc5)n34)C[C@H]2C)cc1[N+](=O)[O-]. The molecular weight excluding hydrogens is 494 g/mol. The predicted octanol–water partition coefficient (Wildman–Crippen LogP) is 4.44. The van der Waals surface area contributed by atoms with Gasteiger partial charge in [0.1, 0.15) is 5.82 Å². The van der Waals surface area contributed by atoms with Crippen LogP contribution in [0.15, 0.2) is 72.8 Å². The Morgan fingerprint density at radius 2 is 1.79 bits per heavy atom. The largest absolute Gasteiger partial charge is 0.338 e. The highest BCUT2D eigenvalue weighted by Crippen LogP contribution is 2.28. The van der Waals surface area contributed by atoms with Crippen LogP contribution in [-0.2, 0) is 6.42 Å². The number of carbonyl (C=O) groups excluding carboxylic acids is 1. The van der Waals surface area contributed by atoms with Gasteiger partial charge in [0, 0.05) is 54.7 Å². The number of hydrogen-bond acceptors (Lipinski definition) is 7. The molecule has 0 aliphatic carbocycles. The monoisotopic (exact) mass is 521 g/mol. The van der Waals surface area contributed by atoms with Gasteiger partial charge in [-0.3, -0.25) is 14.9 Å². The molecule has 5 aromatic rings. The summed E-state index contributed by atoms with van der Waals surface area (Å²) < 4.78 is 2.03. The lowest BCUT2D eigenvalue weighted by molar-refractivity contribution is -0.385. The van der Waals surface area contributed by atoms with Gasteiger partial charge in [0.25, 0.3) is 11.6 Å². The number of hydrogen-bond donors (Lipinski definition) is 0. The van der Waals surface area contributed by atoms with Gasteiger partial charge in [-0.15, -0.1) is 10.2 Å². The summed E-state index contributed by atoms with van der Waals surface area (Å²) in [5, 5.41) is 21.5.